The lowest BCUT2D eigenvalue weighted by Crippen LogP contribution is -2.48. The molecular formula is C25H27NO4. The Bertz CT molecular complexity index is 959. The molecule has 4 aliphatic rings. The van der Waals surface area contributed by atoms with E-state index in [-0.39, 0.29) is 16.9 Å². The van der Waals surface area contributed by atoms with E-state index in [0.29, 0.717) is 17.9 Å². The van der Waals surface area contributed by atoms with Crippen LogP contribution in [0.3, 0.4) is 0 Å². The molecule has 156 valence electrons. The van der Waals surface area contributed by atoms with Crippen LogP contribution in [0.15, 0.2) is 42.5 Å². The Morgan fingerprint density at radius 1 is 0.900 bits per heavy atom. The van der Waals surface area contributed by atoms with Crippen LogP contribution < -0.4 is 5.32 Å². The fourth-order valence-corrected chi connectivity index (χ4v) is 6.59. The normalized spacial score (nSPS) is 29.0. The number of phenolic OH excluding ortho intramolecular Hbond substituents is 1. The molecule has 4 fully saturated rings. The summed E-state index contributed by atoms with van der Waals surface area (Å²) in [5, 5.41) is 22.6. The van der Waals surface area contributed by atoms with Gasteiger partial charge in [-0.2, -0.15) is 0 Å². The Balaban J connectivity index is 1.33. The molecule has 0 heterocycles. The predicted octanol–water partition coefficient (Wildman–Crippen LogP) is 4.49. The van der Waals surface area contributed by atoms with E-state index in [0.717, 1.165) is 48.1 Å². The Hall–Kier alpha value is -2.82. The summed E-state index contributed by atoms with van der Waals surface area (Å²) >= 11 is 0. The van der Waals surface area contributed by atoms with Crippen molar-refractivity contribution in [1.29, 1.82) is 0 Å². The van der Waals surface area contributed by atoms with Crippen LogP contribution in [0.5, 0.6) is 5.75 Å². The minimum absolute atomic E-state index is 0.0295. The largest absolute Gasteiger partial charge is 0.508 e. The number of carbonyl (C=O) groups excluding carboxylic acids is 1. The second kappa shape index (κ2) is 7.15. The zero-order chi connectivity index (χ0) is 20.9. The fourth-order valence-electron chi connectivity index (χ4n) is 6.59. The van der Waals surface area contributed by atoms with Gasteiger partial charge in [-0.25, -0.2) is 4.79 Å². The number of hydrogen-bond donors (Lipinski definition) is 3. The Morgan fingerprint density at radius 3 is 2.03 bits per heavy atom. The Labute approximate surface area is 176 Å². The SMILES string of the molecule is O=C(O)c1ccc(CNC(=O)c2ccc(O)c(C34CC5CC(CC(C5)C3)C4)c2)cc1. The molecule has 4 saturated carbocycles. The number of hydrogen-bond acceptors (Lipinski definition) is 3. The lowest BCUT2D eigenvalue weighted by molar-refractivity contribution is -0.00615. The number of aromatic carboxylic acids is 1. The number of phenols is 1. The van der Waals surface area contributed by atoms with Crippen molar-refractivity contribution >= 4 is 11.9 Å². The molecule has 30 heavy (non-hydrogen) atoms. The van der Waals surface area contributed by atoms with E-state index in [1.54, 1.807) is 24.3 Å². The summed E-state index contributed by atoms with van der Waals surface area (Å²) in [7, 11) is 0. The molecule has 3 N–H and O–H groups in total. The Kier molecular flexibility index (Phi) is 4.57. The molecular weight excluding hydrogens is 378 g/mol. The maximum absolute atomic E-state index is 12.8. The molecule has 5 nitrogen and oxygen atoms in total. The number of carboxylic acids is 1. The van der Waals surface area contributed by atoms with Gasteiger partial charge in [0.25, 0.3) is 5.91 Å². The third-order valence-corrected chi connectivity index (χ3v) is 7.52. The molecule has 2 aromatic rings. The quantitative estimate of drug-likeness (QED) is 0.684. The van der Waals surface area contributed by atoms with Crippen molar-refractivity contribution in [3.63, 3.8) is 0 Å². The summed E-state index contributed by atoms with van der Waals surface area (Å²) in [5.41, 5.74) is 2.62. The molecule has 0 atom stereocenters. The van der Waals surface area contributed by atoms with Gasteiger partial charge in [-0.05, 0) is 97.6 Å². The highest BCUT2D eigenvalue weighted by Gasteiger charge is 2.52. The van der Waals surface area contributed by atoms with E-state index in [4.69, 9.17) is 5.11 Å². The van der Waals surface area contributed by atoms with E-state index < -0.39 is 5.97 Å². The second-order valence-corrected chi connectivity index (χ2v) is 9.61. The van der Waals surface area contributed by atoms with Gasteiger partial charge in [-0.3, -0.25) is 4.79 Å². The third-order valence-electron chi connectivity index (χ3n) is 7.52. The highest BCUT2D eigenvalue weighted by Crippen LogP contribution is 2.61. The van der Waals surface area contributed by atoms with Crippen LogP contribution in [-0.4, -0.2) is 22.1 Å². The zero-order valence-electron chi connectivity index (χ0n) is 16.9. The second-order valence-electron chi connectivity index (χ2n) is 9.61. The number of aromatic hydroxyl groups is 1. The number of nitrogens with one attached hydrogen (secondary N) is 1. The molecule has 0 unspecified atom stereocenters. The van der Waals surface area contributed by atoms with Crippen molar-refractivity contribution in [3.8, 4) is 5.75 Å². The molecule has 4 aliphatic carbocycles. The maximum atomic E-state index is 12.8. The van der Waals surface area contributed by atoms with Gasteiger partial charge in [0.15, 0.2) is 0 Å². The lowest BCUT2D eigenvalue weighted by atomic mass is 9.48. The van der Waals surface area contributed by atoms with Gasteiger partial charge < -0.3 is 15.5 Å². The molecule has 0 spiro atoms. The molecule has 6 rings (SSSR count). The minimum atomic E-state index is -0.966. The standard InChI is InChI=1S/C25H27NO4/c27-22-6-5-20(23(28)26-14-15-1-3-19(4-2-15)24(29)30)10-21(22)25-11-16-7-17(12-25)9-18(8-16)13-25/h1-6,10,16-18,27H,7-9,11-14H2,(H,26,28)(H,29,30). The van der Waals surface area contributed by atoms with Crippen LogP contribution >= 0.6 is 0 Å². The van der Waals surface area contributed by atoms with Crippen LogP contribution in [0, 0.1) is 17.8 Å². The van der Waals surface area contributed by atoms with Crippen LogP contribution in [-0.2, 0) is 12.0 Å². The molecule has 1 amide bonds. The predicted molar refractivity (Wildman–Crippen MR) is 113 cm³/mol. The average molecular weight is 405 g/mol. The van der Waals surface area contributed by atoms with E-state index in [9.17, 15) is 14.7 Å². The first kappa shape index (κ1) is 19.2. The van der Waals surface area contributed by atoms with E-state index in [2.05, 4.69) is 5.32 Å². The van der Waals surface area contributed by atoms with Gasteiger partial charge >= 0.3 is 5.97 Å². The van der Waals surface area contributed by atoms with Crippen molar-refractivity contribution in [2.45, 2.75) is 50.5 Å². The summed E-state index contributed by atoms with van der Waals surface area (Å²) in [6, 6.07) is 11.8. The Morgan fingerprint density at radius 2 is 1.47 bits per heavy atom. The monoisotopic (exact) mass is 405 g/mol. The van der Waals surface area contributed by atoms with Crippen LogP contribution in [0.1, 0.15) is 70.4 Å². The van der Waals surface area contributed by atoms with Crippen molar-refractivity contribution in [2.24, 2.45) is 17.8 Å². The third kappa shape index (κ3) is 3.36. The molecule has 2 aromatic carbocycles. The van der Waals surface area contributed by atoms with Crippen molar-refractivity contribution in [3.05, 3.63) is 64.7 Å². The molecule has 0 radical (unpaired) electrons. The fraction of sp³-hybridized carbons (Fsp3) is 0.440. The molecule has 0 saturated heterocycles. The number of benzene rings is 2. The van der Waals surface area contributed by atoms with Gasteiger partial charge in [0.1, 0.15) is 5.75 Å². The average Bonchev–Trinajstić information content (AvgIpc) is 2.71. The highest BCUT2D eigenvalue weighted by atomic mass is 16.4. The smallest absolute Gasteiger partial charge is 0.335 e. The number of rotatable bonds is 5. The lowest BCUT2D eigenvalue weighted by Gasteiger charge is -2.57. The van der Waals surface area contributed by atoms with Gasteiger partial charge in [0.05, 0.1) is 5.56 Å². The van der Waals surface area contributed by atoms with Crippen molar-refractivity contribution < 1.29 is 19.8 Å². The number of amides is 1. The first-order chi connectivity index (χ1) is 14.4. The van der Waals surface area contributed by atoms with E-state index in [1.165, 1.54) is 31.4 Å². The highest BCUT2D eigenvalue weighted by molar-refractivity contribution is 5.94. The molecule has 4 bridgehead atoms. The first-order valence-corrected chi connectivity index (χ1v) is 10.9. The number of carboxylic acid groups (broad SMARTS) is 1. The van der Waals surface area contributed by atoms with Crippen molar-refractivity contribution in [1.82, 2.24) is 5.32 Å². The summed E-state index contributed by atoms with van der Waals surface area (Å²) in [5.74, 6) is 1.47. The van der Waals surface area contributed by atoms with Gasteiger partial charge in [0.2, 0.25) is 0 Å². The van der Waals surface area contributed by atoms with Crippen molar-refractivity contribution in [2.75, 3.05) is 0 Å². The number of carbonyl (C=O) groups is 2. The topological polar surface area (TPSA) is 86.6 Å². The molecule has 5 heteroatoms. The molecule has 0 aliphatic heterocycles. The van der Waals surface area contributed by atoms with Crippen LogP contribution in [0.25, 0.3) is 0 Å². The summed E-state index contributed by atoms with van der Waals surface area (Å²) < 4.78 is 0. The molecule has 0 aromatic heterocycles. The van der Waals surface area contributed by atoms with E-state index in [1.807, 2.05) is 6.07 Å². The summed E-state index contributed by atoms with van der Waals surface area (Å²) in [6.07, 6.45) is 7.40. The van der Waals surface area contributed by atoms with Crippen LogP contribution in [0.2, 0.25) is 0 Å². The van der Waals surface area contributed by atoms with E-state index >= 15 is 0 Å². The summed E-state index contributed by atoms with van der Waals surface area (Å²) in [6.45, 7) is 0.326. The minimum Gasteiger partial charge on any atom is -0.508 e. The van der Waals surface area contributed by atoms with Gasteiger partial charge in [-0.15, -0.1) is 0 Å². The summed E-state index contributed by atoms with van der Waals surface area (Å²) in [4.78, 5) is 23.8. The maximum Gasteiger partial charge on any atom is 0.335 e. The van der Waals surface area contributed by atoms with Crippen LogP contribution in [0.4, 0.5) is 0 Å². The zero-order valence-corrected chi connectivity index (χ0v) is 16.9. The first-order valence-electron chi connectivity index (χ1n) is 10.9. The van der Waals surface area contributed by atoms with Gasteiger partial charge in [0, 0.05) is 17.7 Å². The van der Waals surface area contributed by atoms with Gasteiger partial charge in [-0.1, -0.05) is 12.1 Å².